The molecule has 2 bridgehead atoms. The molecule has 0 aromatic carbocycles. The summed E-state index contributed by atoms with van der Waals surface area (Å²) in [5, 5.41) is 0. The third-order valence-corrected chi connectivity index (χ3v) is 2.84. The number of hydrogen-bond acceptors (Lipinski definition) is 3. The molecule has 2 saturated heterocycles. The second kappa shape index (κ2) is 6.81. The molecule has 2 atom stereocenters. The van der Waals surface area contributed by atoms with Crippen molar-refractivity contribution < 1.29 is 9.53 Å². The van der Waals surface area contributed by atoms with Gasteiger partial charge in [0, 0.05) is 19.6 Å². The van der Waals surface area contributed by atoms with Crippen LogP contribution in [0.4, 0.5) is 0 Å². The van der Waals surface area contributed by atoms with Gasteiger partial charge in [0.25, 0.3) is 0 Å². The third-order valence-electron chi connectivity index (χ3n) is 2.84. The maximum atomic E-state index is 10.7. The molecule has 2 heterocycles. The number of nitrogens with zero attached hydrogens (tertiary/aromatic N) is 1. The minimum Gasteiger partial charge on any atom is -0.372 e. The topological polar surface area (TPSA) is 29.5 Å². The molecule has 0 amide bonds. The van der Waals surface area contributed by atoms with Crippen molar-refractivity contribution in [2.75, 3.05) is 19.6 Å². The summed E-state index contributed by atoms with van der Waals surface area (Å²) in [4.78, 5) is 13.1. The van der Waals surface area contributed by atoms with Gasteiger partial charge in [-0.2, -0.15) is 0 Å². The second-order valence-corrected chi connectivity index (χ2v) is 4.19. The molecule has 16 heavy (non-hydrogen) atoms. The van der Waals surface area contributed by atoms with E-state index in [1.807, 2.05) is 19.9 Å². The fourth-order valence-electron chi connectivity index (χ4n) is 2.22. The van der Waals surface area contributed by atoms with Crippen molar-refractivity contribution >= 4 is 5.78 Å². The highest BCUT2D eigenvalue weighted by molar-refractivity contribution is 5.87. The molecule has 0 aromatic rings. The molecule has 0 radical (unpaired) electrons. The van der Waals surface area contributed by atoms with E-state index in [0.717, 1.165) is 19.6 Å². The van der Waals surface area contributed by atoms with Crippen LogP contribution in [0.1, 0.15) is 33.6 Å². The number of ketones is 1. The maximum absolute atomic E-state index is 10.7. The first kappa shape index (κ1) is 13.4. The van der Waals surface area contributed by atoms with Gasteiger partial charge in [-0.1, -0.05) is 19.9 Å². The smallest absolute Gasteiger partial charge is 0.152 e. The summed E-state index contributed by atoms with van der Waals surface area (Å²) in [5.74, 6) is 0.126. The molecule has 2 unspecified atom stereocenters. The van der Waals surface area contributed by atoms with E-state index in [0.29, 0.717) is 12.2 Å². The summed E-state index contributed by atoms with van der Waals surface area (Å²) in [6.07, 6.45) is 6.90. The number of allylic oxidation sites excluding steroid dienone is 1. The molecule has 2 aliphatic heterocycles. The zero-order chi connectivity index (χ0) is 12.0. The van der Waals surface area contributed by atoms with Crippen LogP contribution in [0.5, 0.6) is 0 Å². The summed E-state index contributed by atoms with van der Waals surface area (Å²) < 4.78 is 5.72. The summed E-state index contributed by atoms with van der Waals surface area (Å²) >= 11 is 0. The first-order valence-corrected chi connectivity index (χ1v) is 6.29. The lowest BCUT2D eigenvalue weighted by molar-refractivity contribution is -0.112. The van der Waals surface area contributed by atoms with Gasteiger partial charge in [0.1, 0.15) is 0 Å². The van der Waals surface area contributed by atoms with Crippen LogP contribution in [-0.2, 0) is 9.53 Å². The van der Waals surface area contributed by atoms with Gasteiger partial charge < -0.3 is 4.74 Å². The standard InChI is InChI=1S/C11H17NO2.C2H6/c1-9(13)3-2-6-12-7-10-4-5-11(8-12)14-10;1-2/h2-3,10-11H,4-8H2,1H3;1-2H3/b3-2+;. The minimum atomic E-state index is 0.126. The molecule has 2 rings (SSSR count). The number of rotatable bonds is 3. The normalized spacial score (nSPS) is 28.9. The molecule has 0 N–H and O–H groups in total. The number of carbonyl (C=O) groups excluding carboxylic acids is 1. The SMILES string of the molecule is CC.CC(=O)/C=C/CN1CC2CCC(C1)O2. The molecule has 3 nitrogen and oxygen atoms in total. The Morgan fingerprint density at radius 3 is 2.38 bits per heavy atom. The zero-order valence-corrected chi connectivity index (χ0v) is 10.6. The lowest BCUT2D eigenvalue weighted by atomic mass is 10.2. The number of carbonyl (C=O) groups is 1. The van der Waals surface area contributed by atoms with Crippen LogP contribution < -0.4 is 0 Å². The van der Waals surface area contributed by atoms with E-state index in [1.165, 1.54) is 12.8 Å². The number of ether oxygens (including phenoxy) is 1. The van der Waals surface area contributed by atoms with Crippen molar-refractivity contribution in [3.8, 4) is 0 Å². The summed E-state index contributed by atoms with van der Waals surface area (Å²) in [5.41, 5.74) is 0. The average molecular weight is 225 g/mol. The van der Waals surface area contributed by atoms with Crippen LogP contribution in [0.15, 0.2) is 12.2 Å². The number of hydrogen-bond donors (Lipinski definition) is 0. The second-order valence-electron chi connectivity index (χ2n) is 4.19. The van der Waals surface area contributed by atoms with Crippen molar-refractivity contribution in [2.45, 2.75) is 45.8 Å². The van der Waals surface area contributed by atoms with Gasteiger partial charge in [-0.15, -0.1) is 0 Å². The van der Waals surface area contributed by atoms with E-state index in [-0.39, 0.29) is 5.78 Å². The van der Waals surface area contributed by atoms with Crippen LogP contribution in [0.25, 0.3) is 0 Å². The largest absolute Gasteiger partial charge is 0.372 e. The van der Waals surface area contributed by atoms with Gasteiger partial charge in [-0.05, 0) is 25.8 Å². The fourth-order valence-corrected chi connectivity index (χ4v) is 2.22. The van der Waals surface area contributed by atoms with E-state index in [9.17, 15) is 4.79 Å². The van der Waals surface area contributed by atoms with Gasteiger partial charge in [-0.25, -0.2) is 0 Å². The van der Waals surface area contributed by atoms with Crippen LogP contribution in [0, 0.1) is 0 Å². The Kier molecular flexibility index (Phi) is 5.71. The molecule has 2 fully saturated rings. The highest BCUT2D eigenvalue weighted by Gasteiger charge is 2.32. The molecule has 0 aromatic heterocycles. The van der Waals surface area contributed by atoms with Crippen molar-refractivity contribution in [1.82, 2.24) is 4.90 Å². The van der Waals surface area contributed by atoms with Gasteiger partial charge >= 0.3 is 0 Å². The molecule has 2 aliphatic rings. The molecule has 0 aliphatic carbocycles. The lowest BCUT2D eigenvalue weighted by Gasteiger charge is -2.31. The van der Waals surface area contributed by atoms with Crippen LogP contribution in [-0.4, -0.2) is 42.5 Å². The van der Waals surface area contributed by atoms with Gasteiger partial charge in [0.15, 0.2) is 5.78 Å². The third kappa shape index (κ3) is 4.06. The first-order chi connectivity index (χ1) is 7.74. The Balaban J connectivity index is 0.000000606. The Bertz CT molecular complexity index is 238. The average Bonchev–Trinajstić information content (AvgIpc) is 2.61. The van der Waals surface area contributed by atoms with E-state index in [1.54, 1.807) is 13.0 Å². The molecule has 3 heteroatoms. The highest BCUT2D eigenvalue weighted by atomic mass is 16.5. The number of likely N-dealkylation sites (tertiary alicyclic amines) is 1. The van der Waals surface area contributed by atoms with E-state index in [2.05, 4.69) is 4.90 Å². The monoisotopic (exact) mass is 225 g/mol. The predicted molar refractivity (Wildman–Crippen MR) is 65.5 cm³/mol. The Morgan fingerprint density at radius 2 is 1.88 bits per heavy atom. The Morgan fingerprint density at radius 1 is 1.31 bits per heavy atom. The van der Waals surface area contributed by atoms with Crippen molar-refractivity contribution in [2.24, 2.45) is 0 Å². The molecular weight excluding hydrogens is 202 g/mol. The molecule has 0 saturated carbocycles. The van der Waals surface area contributed by atoms with Gasteiger partial charge in [0.2, 0.25) is 0 Å². The van der Waals surface area contributed by atoms with E-state index in [4.69, 9.17) is 4.74 Å². The summed E-state index contributed by atoms with van der Waals surface area (Å²) in [7, 11) is 0. The van der Waals surface area contributed by atoms with E-state index < -0.39 is 0 Å². The van der Waals surface area contributed by atoms with Crippen LogP contribution in [0.2, 0.25) is 0 Å². The first-order valence-electron chi connectivity index (χ1n) is 6.29. The quantitative estimate of drug-likeness (QED) is 0.688. The minimum absolute atomic E-state index is 0.126. The van der Waals surface area contributed by atoms with Crippen LogP contribution in [0.3, 0.4) is 0 Å². The highest BCUT2D eigenvalue weighted by Crippen LogP contribution is 2.25. The maximum Gasteiger partial charge on any atom is 0.152 e. The predicted octanol–water partition coefficient (Wildman–Crippen LogP) is 2.02. The Hall–Kier alpha value is -0.670. The fraction of sp³-hybridized carbons (Fsp3) is 0.769. The van der Waals surface area contributed by atoms with Crippen molar-refractivity contribution in [3.63, 3.8) is 0 Å². The van der Waals surface area contributed by atoms with Crippen LogP contribution >= 0.6 is 0 Å². The Labute approximate surface area is 98.5 Å². The summed E-state index contributed by atoms with van der Waals surface area (Å²) in [6.45, 7) is 8.52. The van der Waals surface area contributed by atoms with E-state index >= 15 is 0 Å². The van der Waals surface area contributed by atoms with Gasteiger partial charge in [0.05, 0.1) is 12.2 Å². The van der Waals surface area contributed by atoms with Crippen molar-refractivity contribution in [3.05, 3.63) is 12.2 Å². The summed E-state index contributed by atoms with van der Waals surface area (Å²) in [6, 6.07) is 0. The number of morpholine rings is 1. The van der Waals surface area contributed by atoms with Gasteiger partial charge in [-0.3, -0.25) is 9.69 Å². The molecule has 0 spiro atoms. The number of fused-ring (bicyclic) bond motifs is 2. The van der Waals surface area contributed by atoms with Crippen molar-refractivity contribution in [1.29, 1.82) is 0 Å². The lowest BCUT2D eigenvalue weighted by Crippen LogP contribution is -2.42. The zero-order valence-electron chi connectivity index (χ0n) is 10.6. The molecule has 92 valence electrons. The molecular formula is C13H23NO2.